The molecule has 94 valence electrons. The monoisotopic (exact) mass is 266 g/mol. The van der Waals surface area contributed by atoms with E-state index in [2.05, 4.69) is 14.7 Å². The minimum atomic E-state index is -3.72. The lowest BCUT2D eigenvalue weighted by molar-refractivity contribution is 0.389. The molecule has 2 rings (SSSR count). The molecule has 7 nitrogen and oxygen atoms in total. The van der Waals surface area contributed by atoms with Crippen LogP contribution in [0.3, 0.4) is 0 Å². The zero-order chi connectivity index (χ0) is 13.0. The first-order valence-electron chi connectivity index (χ1n) is 4.92. The molecular weight excluding hydrogens is 256 g/mol. The Morgan fingerprint density at radius 1 is 1.06 bits per heavy atom. The first kappa shape index (κ1) is 12.3. The summed E-state index contributed by atoms with van der Waals surface area (Å²) in [5.41, 5.74) is 2.31. The molecule has 0 spiro atoms. The van der Waals surface area contributed by atoms with Crippen LogP contribution < -0.4 is 10.2 Å². The second-order valence-corrected chi connectivity index (χ2v) is 5.00. The summed E-state index contributed by atoms with van der Waals surface area (Å²) in [5, 5.41) is 8.63. The Bertz CT molecular complexity index is 613. The first-order chi connectivity index (χ1) is 8.62. The van der Waals surface area contributed by atoms with E-state index in [1.54, 1.807) is 6.07 Å². The zero-order valence-electron chi connectivity index (χ0n) is 9.11. The van der Waals surface area contributed by atoms with Crippen molar-refractivity contribution in [1.29, 1.82) is 0 Å². The molecule has 0 aliphatic rings. The molecule has 18 heavy (non-hydrogen) atoms. The predicted octanol–water partition coefficient (Wildman–Crippen LogP) is 1.08. The maximum absolute atomic E-state index is 11.9. The average molecular weight is 266 g/mol. The van der Waals surface area contributed by atoms with Gasteiger partial charge in [-0.3, -0.25) is 10.7 Å². The van der Waals surface area contributed by atoms with Crippen molar-refractivity contribution < 1.29 is 13.6 Å². The van der Waals surface area contributed by atoms with Crippen molar-refractivity contribution in [2.24, 2.45) is 0 Å². The summed E-state index contributed by atoms with van der Waals surface area (Å²) in [7, 11) is -3.72. The van der Waals surface area contributed by atoms with E-state index in [4.69, 9.17) is 5.21 Å². The van der Waals surface area contributed by atoms with E-state index in [1.165, 1.54) is 36.7 Å². The van der Waals surface area contributed by atoms with Crippen molar-refractivity contribution in [2.75, 3.05) is 10.2 Å². The highest BCUT2D eigenvalue weighted by Gasteiger charge is 2.14. The smallest absolute Gasteiger partial charge is 0.264 e. The summed E-state index contributed by atoms with van der Waals surface area (Å²) in [4.78, 5) is 7.59. The van der Waals surface area contributed by atoms with E-state index in [1.807, 2.05) is 5.48 Å². The Balaban J connectivity index is 2.25. The Kier molecular flexibility index (Phi) is 3.40. The maximum atomic E-state index is 11.9. The molecule has 0 aliphatic carbocycles. The van der Waals surface area contributed by atoms with Crippen LogP contribution >= 0.6 is 0 Å². The zero-order valence-corrected chi connectivity index (χ0v) is 9.92. The van der Waals surface area contributed by atoms with Crippen LogP contribution in [-0.4, -0.2) is 23.6 Å². The molecule has 0 amide bonds. The lowest BCUT2D eigenvalue weighted by Crippen LogP contribution is -2.14. The van der Waals surface area contributed by atoms with Crippen LogP contribution in [0.1, 0.15) is 0 Å². The summed E-state index contributed by atoms with van der Waals surface area (Å²) >= 11 is 0. The summed E-state index contributed by atoms with van der Waals surface area (Å²) in [6, 6.07) is 7.15. The highest BCUT2D eigenvalue weighted by Crippen LogP contribution is 2.15. The fourth-order valence-electron chi connectivity index (χ4n) is 1.24. The highest BCUT2D eigenvalue weighted by atomic mass is 32.2. The molecule has 1 aromatic heterocycles. The number of nitrogens with zero attached hydrogens (tertiary/aromatic N) is 2. The van der Waals surface area contributed by atoms with E-state index >= 15 is 0 Å². The average Bonchev–Trinajstić information content (AvgIpc) is 2.39. The largest absolute Gasteiger partial charge is 0.291 e. The molecule has 0 fully saturated rings. The number of hydrogen-bond acceptors (Lipinski definition) is 6. The standard InChI is InChI=1S/C10H10N4O3S/c15-13-8-2-4-9(5-3-8)18(16,17)14-10-11-6-1-7-12-10/h1-7,13,15H,(H,11,12,14). The van der Waals surface area contributed by atoms with Crippen LogP contribution in [-0.2, 0) is 10.0 Å². The van der Waals surface area contributed by atoms with Gasteiger partial charge in [0.25, 0.3) is 10.0 Å². The van der Waals surface area contributed by atoms with E-state index in [0.29, 0.717) is 5.69 Å². The second kappa shape index (κ2) is 4.98. The van der Waals surface area contributed by atoms with Gasteiger partial charge in [0.05, 0.1) is 10.6 Å². The fourth-order valence-corrected chi connectivity index (χ4v) is 2.20. The van der Waals surface area contributed by atoms with Gasteiger partial charge in [-0.25, -0.2) is 23.1 Å². The van der Waals surface area contributed by atoms with Crippen molar-refractivity contribution in [3.8, 4) is 0 Å². The number of anilines is 2. The summed E-state index contributed by atoms with van der Waals surface area (Å²) in [6.45, 7) is 0. The Morgan fingerprint density at radius 2 is 1.67 bits per heavy atom. The highest BCUT2D eigenvalue weighted by molar-refractivity contribution is 7.92. The van der Waals surface area contributed by atoms with Gasteiger partial charge in [-0.1, -0.05) is 0 Å². The molecule has 1 aromatic carbocycles. The third-order valence-electron chi connectivity index (χ3n) is 2.09. The fraction of sp³-hybridized carbons (Fsp3) is 0. The molecule has 0 atom stereocenters. The van der Waals surface area contributed by atoms with Crippen LogP contribution in [0.4, 0.5) is 11.6 Å². The molecule has 0 aliphatic heterocycles. The van der Waals surface area contributed by atoms with Crippen LogP contribution in [0.15, 0.2) is 47.6 Å². The molecule has 0 saturated heterocycles. The van der Waals surface area contributed by atoms with Crippen LogP contribution in [0, 0.1) is 0 Å². The SMILES string of the molecule is O=S(=O)(Nc1ncccn1)c1ccc(NO)cc1. The maximum Gasteiger partial charge on any atom is 0.264 e. The van der Waals surface area contributed by atoms with Crippen molar-refractivity contribution in [3.05, 3.63) is 42.7 Å². The number of hydrogen-bond donors (Lipinski definition) is 3. The Labute approximate surface area is 104 Å². The molecule has 1 heterocycles. The van der Waals surface area contributed by atoms with E-state index in [0.717, 1.165) is 0 Å². The normalized spacial score (nSPS) is 10.9. The predicted molar refractivity (Wildman–Crippen MR) is 64.7 cm³/mol. The second-order valence-electron chi connectivity index (χ2n) is 3.31. The molecule has 8 heteroatoms. The minimum absolute atomic E-state index is 0.00172. The number of sulfonamides is 1. The van der Waals surface area contributed by atoms with Gasteiger partial charge in [0.2, 0.25) is 5.95 Å². The molecular formula is C10H10N4O3S. The van der Waals surface area contributed by atoms with Gasteiger partial charge in [-0.2, -0.15) is 0 Å². The van der Waals surface area contributed by atoms with Crippen molar-refractivity contribution >= 4 is 21.7 Å². The van der Waals surface area contributed by atoms with Gasteiger partial charge in [0.1, 0.15) is 0 Å². The summed E-state index contributed by atoms with van der Waals surface area (Å²) < 4.78 is 26.1. The lowest BCUT2D eigenvalue weighted by Gasteiger charge is -2.06. The van der Waals surface area contributed by atoms with E-state index in [-0.39, 0.29) is 10.8 Å². The number of aromatic nitrogens is 2. The Morgan fingerprint density at radius 3 is 2.22 bits per heavy atom. The van der Waals surface area contributed by atoms with Crippen molar-refractivity contribution in [1.82, 2.24) is 9.97 Å². The molecule has 0 unspecified atom stereocenters. The van der Waals surface area contributed by atoms with Gasteiger partial charge in [0, 0.05) is 12.4 Å². The summed E-state index contributed by atoms with van der Waals surface area (Å²) in [5.74, 6) is 0.00172. The van der Waals surface area contributed by atoms with Gasteiger partial charge in [0.15, 0.2) is 0 Å². The number of benzene rings is 1. The van der Waals surface area contributed by atoms with Crippen LogP contribution in [0.25, 0.3) is 0 Å². The molecule has 0 saturated carbocycles. The van der Waals surface area contributed by atoms with Gasteiger partial charge >= 0.3 is 0 Å². The van der Waals surface area contributed by atoms with E-state index in [9.17, 15) is 8.42 Å². The quantitative estimate of drug-likeness (QED) is 0.715. The molecule has 2 aromatic rings. The number of nitrogens with one attached hydrogen (secondary N) is 2. The molecule has 0 radical (unpaired) electrons. The van der Waals surface area contributed by atoms with Crippen LogP contribution in [0.5, 0.6) is 0 Å². The number of rotatable bonds is 4. The van der Waals surface area contributed by atoms with Gasteiger partial charge in [-0.05, 0) is 30.3 Å². The Hall–Kier alpha value is -2.19. The third-order valence-corrected chi connectivity index (χ3v) is 3.43. The minimum Gasteiger partial charge on any atom is -0.291 e. The van der Waals surface area contributed by atoms with Gasteiger partial charge < -0.3 is 0 Å². The molecule has 0 bridgehead atoms. The van der Waals surface area contributed by atoms with Crippen molar-refractivity contribution in [2.45, 2.75) is 4.90 Å². The van der Waals surface area contributed by atoms with Crippen molar-refractivity contribution in [3.63, 3.8) is 0 Å². The lowest BCUT2D eigenvalue weighted by atomic mass is 10.3. The summed E-state index contributed by atoms with van der Waals surface area (Å²) in [6.07, 6.45) is 2.87. The third kappa shape index (κ3) is 2.73. The first-order valence-corrected chi connectivity index (χ1v) is 6.40. The van der Waals surface area contributed by atoms with Crippen LogP contribution in [0.2, 0.25) is 0 Å². The van der Waals surface area contributed by atoms with Gasteiger partial charge in [-0.15, -0.1) is 0 Å². The molecule has 3 N–H and O–H groups in total. The topological polar surface area (TPSA) is 104 Å². The van der Waals surface area contributed by atoms with E-state index < -0.39 is 10.0 Å².